The number of benzene rings is 2. The van der Waals surface area contributed by atoms with E-state index in [-0.39, 0.29) is 5.69 Å². The molecule has 2 aliphatic rings. The first-order valence-electron chi connectivity index (χ1n) is 8.51. The minimum Gasteiger partial charge on any atom is -0.356 e. The highest BCUT2D eigenvalue weighted by atomic mass is 16.7. The van der Waals surface area contributed by atoms with Gasteiger partial charge in [-0.1, -0.05) is 59.3 Å². The van der Waals surface area contributed by atoms with Gasteiger partial charge in [0, 0.05) is 11.8 Å². The maximum atomic E-state index is 11.5. The minimum absolute atomic E-state index is 0.0197. The molecule has 6 heteroatoms. The Balaban J connectivity index is 1.89. The van der Waals surface area contributed by atoms with Crippen LogP contribution >= 0.6 is 0 Å². The number of rotatable bonds is 3. The van der Waals surface area contributed by atoms with Crippen LogP contribution in [-0.4, -0.2) is 16.5 Å². The third-order valence-electron chi connectivity index (χ3n) is 4.48. The van der Waals surface area contributed by atoms with E-state index in [1.54, 1.807) is 18.2 Å². The van der Waals surface area contributed by atoms with E-state index < -0.39 is 10.6 Å². The third kappa shape index (κ3) is 2.91. The molecule has 2 aromatic carbocycles. The van der Waals surface area contributed by atoms with Crippen LogP contribution in [0.2, 0.25) is 0 Å². The number of hydrogen-bond donors (Lipinski definition) is 0. The lowest BCUT2D eigenvalue weighted by atomic mass is 10.0. The van der Waals surface area contributed by atoms with Crippen molar-refractivity contribution in [3.05, 3.63) is 106 Å². The van der Waals surface area contributed by atoms with Crippen molar-refractivity contribution in [3.8, 4) is 0 Å². The number of allylic oxidation sites excluding steroid dienone is 4. The maximum absolute atomic E-state index is 11.5. The largest absolute Gasteiger partial charge is 0.356 e. The topological polar surface area (TPSA) is 68.0 Å². The maximum Gasteiger partial charge on any atom is 0.280 e. The lowest BCUT2D eigenvalue weighted by Gasteiger charge is -2.32. The quantitative estimate of drug-likeness (QED) is 0.598. The zero-order valence-electron chi connectivity index (χ0n) is 14.6. The molecule has 0 saturated heterocycles. The molecule has 1 aliphatic heterocycles. The standard InChI is InChI=1S/C21H17N3O3/c1-16-10-12-17(13-11-16)23-20(18-8-4-5-9-19(18)24(25)26)22-27-21(23)14-6-2-3-7-15-21/h2-15H,1H3. The van der Waals surface area contributed by atoms with Crippen molar-refractivity contribution in [2.45, 2.75) is 12.6 Å². The Morgan fingerprint density at radius 2 is 1.67 bits per heavy atom. The number of anilines is 1. The number of nitro benzene ring substituents is 1. The molecular weight excluding hydrogens is 342 g/mol. The highest BCUT2D eigenvalue weighted by Gasteiger charge is 2.45. The minimum atomic E-state index is -0.988. The lowest BCUT2D eigenvalue weighted by Crippen LogP contribution is -2.46. The van der Waals surface area contributed by atoms with Gasteiger partial charge in [0.2, 0.25) is 0 Å². The number of para-hydroxylation sites is 1. The van der Waals surface area contributed by atoms with Crippen molar-refractivity contribution in [1.29, 1.82) is 0 Å². The summed E-state index contributed by atoms with van der Waals surface area (Å²) in [6, 6.07) is 14.4. The molecule has 0 amide bonds. The predicted octanol–water partition coefficient (Wildman–Crippen LogP) is 4.48. The molecular formula is C21H17N3O3. The third-order valence-corrected chi connectivity index (χ3v) is 4.48. The van der Waals surface area contributed by atoms with Crippen LogP contribution in [0.5, 0.6) is 0 Å². The van der Waals surface area contributed by atoms with Gasteiger partial charge in [0.1, 0.15) is 0 Å². The molecule has 1 heterocycles. The fourth-order valence-corrected chi connectivity index (χ4v) is 3.15. The summed E-state index contributed by atoms with van der Waals surface area (Å²) < 4.78 is 0. The summed E-state index contributed by atoms with van der Waals surface area (Å²) in [5.41, 5.74) is 1.34. The van der Waals surface area contributed by atoms with Gasteiger partial charge in [0.25, 0.3) is 11.4 Å². The van der Waals surface area contributed by atoms with Gasteiger partial charge in [0.05, 0.1) is 10.5 Å². The fourth-order valence-electron chi connectivity index (χ4n) is 3.15. The smallest absolute Gasteiger partial charge is 0.280 e. The van der Waals surface area contributed by atoms with E-state index in [1.165, 1.54) is 6.07 Å². The van der Waals surface area contributed by atoms with Crippen molar-refractivity contribution >= 4 is 17.2 Å². The van der Waals surface area contributed by atoms with E-state index in [4.69, 9.17) is 4.84 Å². The van der Waals surface area contributed by atoms with Crippen LogP contribution < -0.4 is 4.90 Å². The first-order valence-corrected chi connectivity index (χ1v) is 8.51. The molecule has 1 aliphatic carbocycles. The zero-order chi connectivity index (χ0) is 18.9. The predicted molar refractivity (Wildman–Crippen MR) is 105 cm³/mol. The van der Waals surface area contributed by atoms with E-state index in [9.17, 15) is 10.1 Å². The van der Waals surface area contributed by atoms with E-state index >= 15 is 0 Å². The lowest BCUT2D eigenvalue weighted by molar-refractivity contribution is -0.385. The molecule has 1 spiro atoms. The number of hydrogen-bond acceptors (Lipinski definition) is 5. The number of nitro groups is 1. The first kappa shape index (κ1) is 16.8. The second kappa shape index (κ2) is 6.57. The highest BCUT2D eigenvalue weighted by Crippen LogP contribution is 2.38. The van der Waals surface area contributed by atoms with Gasteiger partial charge in [-0.15, -0.1) is 0 Å². The summed E-state index contributed by atoms with van der Waals surface area (Å²) in [6.45, 7) is 2.01. The Labute approximate surface area is 156 Å². The molecule has 0 radical (unpaired) electrons. The van der Waals surface area contributed by atoms with Gasteiger partial charge in [-0.05, 0) is 37.3 Å². The Morgan fingerprint density at radius 3 is 2.33 bits per heavy atom. The Kier molecular flexibility index (Phi) is 4.08. The molecule has 0 bridgehead atoms. The molecule has 134 valence electrons. The Hall–Kier alpha value is -3.67. The number of nitrogens with zero attached hydrogens (tertiary/aromatic N) is 3. The van der Waals surface area contributed by atoms with Crippen molar-refractivity contribution < 1.29 is 9.76 Å². The van der Waals surface area contributed by atoms with Crippen LogP contribution in [0.1, 0.15) is 11.1 Å². The Bertz CT molecular complexity index is 988. The van der Waals surface area contributed by atoms with Gasteiger partial charge in [-0.3, -0.25) is 15.0 Å². The molecule has 0 unspecified atom stereocenters. The molecule has 6 nitrogen and oxygen atoms in total. The molecule has 0 atom stereocenters. The molecule has 0 fully saturated rings. The summed E-state index contributed by atoms with van der Waals surface area (Å²) in [7, 11) is 0. The molecule has 0 N–H and O–H groups in total. The number of oxime groups is 1. The average Bonchev–Trinajstić information content (AvgIpc) is 2.87. The molecule has 27 heavy (non-hydrogen) atoms. The monoisotopic (exact) mass is 359 g/mol. The van der Waals surface area contributed by atoms with Crippen LogP contribution in [0, 0.1) is 17.0 Å². The van der Waals surface area contributed by atoms with Crippen molar-refractivity contribution in [2.24, 2.45) is 5.16 Å². The SMILES string of the molecule is Cc1ccc(N2C(c3ccccc3[N+](=O)[O-])=NOC23C=CC=CC=C3)cc1. The number of aryl methyl sites for hydroxylation is 1. The first-order chi connectivity index (χ1) is 13.1. The van der Waals surface area contributed by atoms with E-state index in [0.29, 0.717) is 11.4 Å². The van der Waals surface area contributed by atoms with Gasteiger partial charge in [-0.2, -0.15) is 0 Å². The number of amidine groups is 1. The Morgan fingerprint density at radius 1 is 1.00 bits per heavy atom. The second-order valence-corrected chi connectivity index (χ2v) is 6.31. The van der Waals surface area contributed by atoms with E-state index in [2.05, 4.69) is 5.16 Å². The van der Waals surface area contributed by atoms with Crippen LogP contribution in [0.25, 0.3) is 0 Å². The molecule has 2 aromatic rings. The van der Waals surface area contributed by atoms with Crippen molar-refractivity contribution in [3.63, 3.8) is 0 Å². The summed E-state index contributed by atoms with van der Waals surface area (Å²) in [5.74, 6) is 0.391. The van der Waals surface area contributed by atoms with Crippen LogP contribution in [0.4, 0.5) is 11.4 Å². The summed E-state index contributed by atoms with van der Waals surface area (Å²) in [5, 5.41) is 15.8. The van der Waals surface area contributed by atoms with Crippen LogP contribution in [0.15, 0.2) is 90.1 Å². The molecule has 0 saturated carbocycles. The zero-order valence-corrected chi connectivity index (χ0v) is 14.6. The van der Waals surface area contributed by atoms with Crippen molar-refractivity contribution in [1.82, 2.24) is 0 Å². The van der Waals surface area contributed by atoms with Gasteiger partial charge in [0.15, 0.2) is 5.84 Å². The van der Waals surface area contributed by atoms with Crippen LogP contribution in [-0.2, 0) is 4.84 Å². The average molecular weight is 359 g/mol. The highest BCUT2D eigenvalue weighted by molar-refractivity contribution is 6.14. The fraction of sp³-hybridized carbons (Fsp3) is 0.0952. The summed E-state index contributed by atoms with van der Waals surface area (Å²) in [4.78, 5) is 18.8. The van der Waals surface area contributed by atoms with Gasteiger partial charge >= 0.3 is 0 Å². The summed E-state index contributed by atoms with van der Waals surface area (Å²) >= 11 is 0. The summed E-state index contributed by atoms with van der Waals surface area (Å²) in [6.07, 6.45) is 11.3. The van der Waals surface area contributed by atoms with Crippen LogP contribution in [0.3, 0.4) is 0 Å². The second-order valence-electron chi connectivity index (χ2n) is 6.31. The van der Waals surface area contributed by atoms with Crippen molar-refractivity contribution in [2.75, 3.05) is 4.90 Å². The molecule has 4 rings (SSSR count). The van der Waals surface area contributed by atoms with Gasteiger partial charge < -0.3 is 4.84 Å². The van der Waals surface area contributed by atoms with E-state index in [0.717, 1.165) is 11.3 Å². The molecule has 0 aromatic heterocycles. The van der Waals surface area contributed by atoms with Gasteiger partial charge in [-0.25, -0.2) is 0 Å². The normalized spacial score (nSPS) is 16.9. The van der Waals surface area contributed by atoms with E-state index in [1.807, 2.05) is 72.5 Å².